The molecule has 188 valence electrons. The lowest BCUT2D eigenvalue weighted by molar-refractivity contribution is 0.102. The molecular formula is C22H20F3N7O3S. The van der Waals surface area contributed by atoms with Crippen LogP contribution in [-0.4, -0.2) is 42.4 Å². The number of anilines is 1. The summed E-state index contributed by atoms with van der Waals surface area (Å²) >= 11 is 0.838. The molecule has 14 heteroatoms. The number of rotatable bonds is 7. The number of hydrogen-bond acceptors (Lipinski definition) is 10. The zero-order valence-corrected chi connectivity index (χ0v) is 19.9. The number of amides is 1. The number of nitrogens with one attached hydrogen (secondary N) is 1. The van der Waals surface area contributed by atoms with Gasteiger partial charge in [-0.1, -0.05) is 16.9 Å². The molecule has 10 nitrogen and oxygen atoms in total. The minimum absolute atomic E-state index is 0.0163. The third kappa shape index (κ3) is 4.25. The van der Waals surface area contributed by atoms with Gasteiger partial charge in [-0.25, -0.2) is 23.1 Å². The van der Waals surface area contributed by atoms with Gasteiger partial charge in [-0.3, -0.25) is 9.79 Å². The van der Waals surface area contributed by atoms with Crippen LogP contribution in [0.4, 0.5) is 18.9 Å². The lowest BCUT2D eigenvalue weighted by Crippen LogP contribution is -2.38. The maximum absolute atomic E-state index is 14.9. The predicted octanol–water partition coefficient (Wildman–Crippen LogP) is 3.44. The molecule has 0 saturated heterocycles. The zero-order chi connectivity index (χ0) is 25.7. The Labute approximate surface area is 206 Å². The summed E-state index contributed by atoms with van der Waals surface area (Å²) in [7, 11) is 0. The van der Waals surface area contributed by atoms with Crippen molar-refractivity contribution in [3.05, 3.63) is 59.4 Å². The van der Waals surface area contributed by atoms with E-state index in [1.54, 1.807) is 13.8 Å². The number of aryl methyl sites for hydroxylation is 1. The van der Waals surface area contributed by atoms with Crippen molar-refractivity contribution in [3.8, 4) is 5.88 Å². The quantitative estimate of drug-likeness (QED) is 0.480. The molecule has 0 radical (unpaired) electrons. The lowest BCUT2D eigenvalue weighted by Gasteiger charge is -2.34. The van der Waals surface area contributed by atoms with Gasteiger partial charge in [-0.2, -0.15) is 4.98 Å². The highest BCUT2D eigenvalue weighted by Gasteiger charge is 2.71. The van der Waals surface area contributed by atoms with E-state index in [0.29, 0.717) is 5.82 Å². The summed E-state index contributed by atoms with van der Waals surface area (Å²) in [6, 6.07) is 3.89. The second-order valence-corrected chi connectivity index (χ2v) is 10.0. The van der Waals surface area contributed by atoms with Crippen LogP contribution in [0.15, 0.2) is 40.1 Å². The van der Waals surface area contributed by atoms with Gasteiger partial charge in [0.15, 0.2) is 17.6 Å². The van der Waals surface area contributed by atoms with E-state index < -0.39 is 34.4 Å². The number of ether oxygens (including phenoxy) is 1. The lowest BCUT2D eigenvalue weighted by atomic mass is 9.85. The van der Waals surface area contributed by atoms with Crippen LogP contribution < -0.4 is 15.8 Å². The first-order chi connectivity index (χ1) is 17.1. The van der Waals surface area contributed by atoms with Gasteiger partial charge in [0.25, 0.3) is 18.2 Å². The van der Waals surface area contributed by atoms with Gasteiger partial charge in [0.05, 0.1) is 22.7 Å². The molecule has 36 heavy (non-hydrogen) atoms. The fraction of sp³-hybridized carbons (Fsp3) is 0.364. The van der Waals surface area contributed by atoms with Gasteiger partial charge >= 0.3 is 0 Å². The minimum atomic E-state index is -2.63. The molecule has 2 aromatic heterocycles. The maximum atomic E-state index is 14.9. The number of amidine groups is 1. The van der Waals surface area contributed by atoms with Crippen LogP contribution in [-0.2, 0) is 12.1 Å². The monoisotopic (exact) mass is 519 g/mol. The topological polar surface area (TPSA) is 141 Å². The van der Waals surface area contributed by atoms with Crippen molar-refractivity contribution in [2.45, 2.75) is 43.6 Å². The average Bonchev–Trinajstić information content (AvgIpc) is 3.46. The molecule has 3 aromatic rings. The summed E-state index contributed by atoms with van der Waals surface area (Å²) in [6.45, 7) is 3.24. The maximum Gasteiger partial charge on any atom is 0.275 e. The third-order valence-electron chi connectivity index (χ3n) is 6.18. The van der Waals surface area contributed by atoms with Crippen LogP contribution in [0, 0.1) is 18.7 Å². The standard InChI is InChI=1S/C22H20F3N7O3S/c1-10-29-17(35-32-10)9-34-16-8-27-14(7-28-16)18(33)30-11-3-4-13(23)12(5-11)21(2)15-6-22(15,19(24)25)36-20(26)31-21/h3-5,7-8,15,19H,6,9H2,1-2H3,(H2,26,31)(H,30,33)/t15?,21-,22+/m1/s1. The number of alkyl halides is 2. The van der Waals surface area contributed by atoms with E-state index in [2.05, 4.69) is 30.4 Å². The Bertz CT molecular complexity index is 1350. The summed E-state index contributed by atoms with van der Waals surface area (Å²) in [5, 5.41) is 6.24. The highest BCUT2D eigenvalue weighted by atomic mass is 32.2. The molecule has 3 heterocycles. The van der Waals surface area contributed by atoms with Gasteiger partial charge in [0, 0.05) is 17.2 Å². The number of thioether (sulfide) groups is 1. The number of halogens is 3. The molecule has 1 amide bonds. The van der Waals surface area contributed by atoms with Crippen molar-refractivity contribution in [1.29, 1.82) is 0 Å². The number of carbonyl (C=O) groups is 1. The largest absolute Gasteiger partial charge is 0.466 e. The molecule has 1 aliphatic heterocycles. The second-order valence-electron chi connectivity index (χ2n) is 8.62. The van der Waals surface area contributed by atoms with Crippen molar-refractivity contribution in [2.24, 2.45) is 16.6 Å². The molecule has 1 saturated carbocycles. The van der Waals surface area contributed by atoms with E-state index in [-0.39, 0.29) is 46.9 Å². The Balaban J connectivity index is 1.31. The molecule has 2 aliphatic rings. The van der Waals surface area contributed by atoms with Gasteiger partial charge in [0.2, 0.25) is 5.88 Å². The van der Waals surface area contributed by atoms with Gasteiger partial charge in [-0.05, 0) is 38.5 Å². The first-order valence-corrected chi connectivity index (χ1v) is 11.6. The molecule has 0 bridgehead atoms. The van der Waals surface area contributed by atoms with E-state index in [9.17, 15) is 18.0 Å². The van der Waals surface area contributed by atoms with Crippen LogP contribution in [0.2, 0.25) is 0 Å². The number of nitrogens with zero attached hydrogens (tertiary/aromatic N) is 5. The highest BCUT2D eigenvalue weighted by Crippen LogP contribution is 2.68. The second kappa shape index (κ2) is 8.76. The molecule has 1 fully saturated rings. The number of benzene rings is 1. The van der Waals surface area contributed by atoms with Gasteiger partial charge < -0.3 is 20.3 Å². The molecule has 3 atom stereocenters. The summed E-state index contributed by atoms with van der Waals surface area (Å²) < 4.78 is 51.4. The van der Waals surface area contributed by atoms with E-state index >= 15 is 0 Å². The van der Waals surface area contributed by atoms with Crippen LogP contribution >= 0.6 is 11.8 Å². The zero-order valence-electron chi connectivity index (χ0n) is 19.0. The number of carbonyl (C=O) groups excluding carboxylic acids is 1. The van der Waals surface area contributed by atoms with E-state index in [1.165, 1.54) is 24.5 Å². The molecule has 1 unspecified atom stereocenters. The summed E-state index contributed by atoms with van der Waals surface area (Å²) in [4.78, 5) is 29.1. The fourth-order valence-electron chi connectivity index (χ4n) is 4.33. The Morgan fingerprint density at radius 1 is 1.36 bits per heavy atom. The smallest absolute Gasteiger partial charge is 0.275 e. The Hall–Kier alpha value is -3.68. The van der Waals surface area contributed by atoms with Crippen molar-refractivity contribution in [2.75, 3.05) is 5.32 Å². The molecule has 5 rings (SSSR count). The van der Waals surface area contributed by atoms with Crippen LogP contribution in [0.1, 0.15) is 41.1 Å². The molecular weight excluding hydrogens is 499 g/mol. The highest BCUT2D eigenvalue weighted by molar-refractivity contribution is 8.15. The van der Waals surface area contributed by atoms with E-state index in [1.807, 2.05) is 0 Å². The van der Waals surface area contributed by atoms with Crippen molar-refractivity contribution >= 4 is 28.5 Å². The number of fused-ring (bicyclic) bond motifs is 1. The number of aromatic nitrogens is 4. The number of nitrogens with two attached hydrogens (primary N) is 1. The van der Waals surface area contributed by atoms with Crippen molar-refractivity contribution < 1.29 is 27.2 Å². The summed E-state index contributed by atoms with van der Waals surface area (Å²) in [6.07, 6.45) is -0.0143. The van der Waals surface area contributed by atoms with Crippen LogP contribution in [0.3, 0.4) is 0 Å². The van der Waals surface area contributed by atoms with Crippen molar-refractivity contribution in [3.63, 3.8) is 0 Å². The first-order valence-electron chi connectivity index (χ1n) is 10.8. The van der Waals surface area contributed by atoms with Gasteiger partial charge in [0.1, 0.15) is 11.5 Å². The average molecular weight is 520 g/mol. The van der Waals surface area contributed by atoms with Crippen molar-refractivity contribution in [1.82, 2.24) is 20.1 Å². The Kier molecular flexibility index (Phi) is 5.85. The number of aliphatic imine (C=N–C) groups is 1. The predicted molar refractivity (Wildman–Crippen MR) is 123 cm³/mol. The third-order valence-corrected chi connectivity index (χ3v) is 7.49. The van der Waals surface area contributed by atoms with E-state index in [4.69, 9.17) is 15.0 Å². The Morgan fingerprint density at radius 3 is 2.83 bits per heavy atom. The normalized spacial score (nSPS) is 24.7. The first kappa shape index (κ1) is 24.0. The van der Waals surface area contributed by atoms with Gasteiger partial charge in [-0.15, -0.1) is 0 Å². The fourth-order valence-corrected chi connectivity index (χ4v) is 5.67. The molecule has 1 aliphatic carbocycles. The SMILES string of the molecule is Cc1noc(COc2cnc(C(=O)Nc3ccc(F)c([C@@]4(C)N=C(N)S[C@@]5(C(F)F)CC54)c3)cn2)n1. The molecule has 1 aromatic carbocycles. The van der Waals surface area contributed by atoms with Crippen LogP contribution in [0.5, 0.6) is 5.88 Å². The molecule has 3 N–H and O–H groups in total. The summed E-state index contributed by atoms with van der Waals surface area (Å²) in [5.74, 6) is -0.981. The molecule has 0 spiro atoms. The Morgan fingerprint density at radius 2 is 2.17 bits per heavy atom. The number of hydrogen-bond donors (Lipinski definition) is 2. The minimum Gasteiger partial charge on any atom is -0.466 e. The summed E-state index contributed by atoms with van der Waals surface area (Å²) in [5.41, 5.74) is 4.84. The van der Waals surface area contributed by atoms with E-state index in [0.717, 1.165) is 17.8 Å². The van der Waals surface area contributed by atoms with Crippen LogP contribution in [0.25, 0.3) is 0 Å².